The number of halogens is 1. The molecule has 22 heavy (non-hydrogen) atoms. The van der Waals surface area contributed by atoms with Crippen LogP contribution in [0.4, 0.5) is 5.69 Å². The maximum absolute atomic E-state index is 12.0. The molecule has 1 unspecified atom stereocenters. The summed E-state index contributed by atoms with van der Waals surface area (Å²) in [6.07, 6.45) is 0.517. The van der Waals surface area contributed by atoms with Gasteiger partial charge in [-0.05, 0) is 37.6 Å². The fourth-order valence-electron chi connectivity index (χ4n) is 1.86. The molecule has 0 aliphatic carbocycles. The van der Waals surface area contributed by atoms with Gasteiger partial charge in [-0.15, -0.1) is 0 Å². The number of aryl methyl sites for hydroxylation is 1. The zero-order valence-corrected chi connectivity index (χ0v) is 13.4. The lowest BCUT2D eigenvalue weighted by atomic mass is 10.1. The summed E-state index contributed by atoms with van der Waals surface area (Å²) in [5, 5.41) is 15.2. The summed E-state index contributed by atoms with van der Waals surface area (Å²) in [6, 6.07) is 4.22. The standard InChI is InChI=1S/C15H21ClN2O4/c1-10-4-5-11(16)8-12(10)18-14(19)9-13(15(20)21)17-6-3-7-22-2/h4-5,8,13,17H,3,6-7,9H2,1-2H3,(H,18,19)(H,20,21). The Balaban J connectivity index is 2.56. The third-order valence-electron chi connectivity index (χ3n) is 3.08. The Morgan fingerprint density at radius 1 is 1.41 bits per heavy atom. The van der Waals surface area contributed by atoms with Crippen molar-refractivity contribution >= 4 is 29.2 Å². The van der Waals surface area contributed by atoms with Crippen molar-refractivity contribution in [3.05, 3.63) is 28.8 Å². The molecule has 0 bridgehead atoms. The fourth-order valence-corrected chi connectivity index (χ4v) is 2.03. The van der Waals surface area contributed by atoms with Crippen LogP contribution in [0, 0.1) is 6.92 Å². The Morgan fingerprint density at radius 3 is 2.77 bits per heavy atom. The first-order chi connectivity index (χ1) is 10.4. The SMILES string of the molecule is COCCCNC(CC(=O)Nc1cc(Cl)ccc1C)C(=O)O. The van der Waals surface area contributed by atoms with Crippen molar-refractivity contribution < 1.29 is 19.4 Å². The molecule has 0 saturated heterocycles. The molecule has 0 spiro atoms. The van der Waals surface area contributed by atoms with Gasteiger partial charge in [0.05, 0.1) is 6.42 Å². The molecule has 0 aromatic heterocycles. The van der Waals surface area contributed by atoms with Crippen molar-refractivity contribution in [1.29, 1.82) is 0 Å². The van der Waals surface area contributed by atoms with E-state index in [2.05, 4.69) is 10.6 Å². The van der Waals surface area contributed by atoms with Gasteiger partial charge in [0, 0.05) is 24.4 Å². The Labute approximate surface area is 134 Å². The average Bonchev–Trinajstić information content (AvgIpc) is 2.46. The van der Waals surface area contributed by atoms with Gasteiger partial charge in [-0.25, -0.2) is 0 Å². The number of carboxylic acids is 1. The van der Waals surface area contributed by atoms with Crippen LogP contribution >= 0.6 is 11.6 Å². The third kappa shape index (κ3) is 6.43. The summed E-state index contributed by atoms with van der Waals surface area (Å²) in [5.74, 6) is -1.44. The van der Waals surface area contributed by atoms with E-state index in [0.29, 0.717) is 30.3 Å². The minimum absolute atomic E-state index is 0.158. The number of nitrogens with one attached hydrogen (secondary N) is 2. The molecular weight excluding hydrogens is 308 g/mol. The Kier molecular flexibility index (Phi) is 7.87. The fraction of sp³-hybridized carbons (Fsp3) is 0.467. The quantitative estimate of drug-likeness (QED) is 0.604. The first kappa shape index (κ1) is 18.4. The highest BCUT2D eigenvalue weighted by Gasteiger charge is 2.20. The van der Waals surface area contributed by atoms with Crippen molar-refractivity contribution in [3.63, 3.8) is 0 Å². The summed E-state index contributed by atoms with van der Waals surface area (Å²) < 4.78 is 4.89. The van der Waals surface area contributed by atoms with Gasteiger partial charge in [-0.3, -0.25) is 9.59 Å². The molecule has 7 heteroatoms. The number of rotatable bonds is 9. The molecule has 0 saturated carbocycles. The van der Waals surface area contributed by atoms with E-state index in [4.69, 9.17) is 21.4 Å². The number of carboxylic acid groups (broad SMARTS) is 1. The first-order valence-corrected chi connectivity index (χ1v) is 7.33. The Bertz CT molecular complexity index is 522. The molecule has 3 N–H and O–H groups in total. The van der Waals surface area contributed by atoms with Crippen LogP contribution in [-0.2, 0) is 14.3 Å². The molecule has 1 atom stereocenters. The van der Waals surface area contributed by atoms with Gasteiger partial charge in [0.2, 0.25) is 5.91 Å². The number of carbonyl (C=O) groups excluding carboxylic acids is 1. The van der Waals surface area contributed by atoms with E-state index in [1.165, 1.54) is 0 Å². The van der Waals surface area contributed by atoms with Crippen molar-refractivity contribution in [3.8, 4) is 0 Å². The minimum atomic E-state index is -1.06. The number of ether oxygens (including phenoxy) is 1. The normalized spacial score (nSPS) is 12.0. The van der Waals surface area contributed by atoms with Crippen LogP contribution in [0.15, 0.2) is 18.2 Å². The predicted octanol–water partition coefficient (Wildman–Crippen LogP) is 2.06. The zero-order chi connectivity index (χ0) is 16.5. The lowest BCUT2D eigenvalue weighted by Crippen LogP contribution is -2.40. The van der Waals surface area contributed by atoms with Gasteiger partial charge < -0.3 is 20.5 Å². The lowest BCUT2D eigenvalue weighted by Gasteiger charge is -2.15. The Morgan fingerprint density at radius 2 is 2.14 bits per heavy atom. The minimum Gasteiger partial charge on any atom is -0.480 e. The van der Waals surface area contributed by atoms with Gasteiger partial charge in [-0.2, -0.15) is 0 Å². The second-order valence-corrected chi connectivity index (χ2v) is 5.34. The second-order valence-electron chi connectivity index (χ2n) is 4.90. The van der Waals surface area contributed by atoms with Crippen LogP contribution in [0.5, 0.6) is 0 Å². The highest BCUT2D eigenvalue weighted by Crippen LogP contribution is 2.20. The number of methoxy groups -OCH3 is 1. The van der Waals surface area contributed by atoms with Crippen LogP contribution in [0.2, 0.25) is 5.02 Å². The number of anilines is 1. The van der Waals surface area contributed by atoms with E-state index in [-0.39, 0.29) is 12.3 Å². The van der Waals surface area contributed by atoms with Gasteiger partial charge in [-0.1, -0.05) is 17.7 Å². The van der Waals surface area contributed by atoms with Crippen LogP contribution in [0.3, 0.4) is 0 Å². The molecule has 1 aromatic carbocycles. The van der Waals surface area contributed by atoms with Crippen LogP contribution in [-0.4, -0.2) is 43.3 Å². The monoisotopic (exact) mass is 328 g/mol. The van der Waals surface area contributed by atoms with Gasteiger partial charge in [0.1, 0.15) is 6.04 Å². The van der Waals surface area contributed by atoms with Gasteiger partial charge in [0.25, 0.3) is 0 Å². The van der Waals surface area contributed by atoms with E-state index in [1.807, 2.05) is 6.92 Å². The van der Waals surface area contributed by atoms with E-state index in [0.717, 1.165) is 5.56 Å². The molecular formula is C15H21ClN2O4. The van der Waals surface area contributed by atoms with E-state index >= 15 is 0 Å². The zero-order valence-electron chi connectivity index (χ0n) is 12.7. The largest absolute Gasteiger partial charge is 0.480 e. The second kappa shape index (κ2) is 9.40. The predicted molar refractivity (Wildman–Crippen MR) is 85.4 cm³/mol. The number of hydrogen-bond acceptors (Lipinski definition) is 4. The van der Waals surface area contributed by atoms with Gasteiger partial charge in [0.15, 0.2) is 0 Å². The summed E-state index contributed by atoms with van der Waals surface area (Å²) in [5.41, 5.74) is 1.44. The van der Waals surface area contributed by atoms with Gasteiger partial charge >= 0.3 is 5.97 Å². The number of carbonyl (C=O) groups is 2. The highest BCUT2D eigenvalue weighted by molar-refractivity contribution is 6.31. The summed E-state index contributed by atoms with van der Waals surface area (Å²) >= 11 is 5.89. The molecule has 1 aromatic rings. The average molecular weight is 329 g/mol. The lowest BCUT2D eigenvalue weighted by molar-refractivity contribution is -0.141. The number of benzene rings is 1. The van der Waals surface area contributed by atoms with Crippen LogP contribution in [0.1, 0.15) is 18.4 Å². The molecule has 0 aliphatic heterocycles. The number of amides is 1. The first-order valence-electron chi connectivity index (χ1n) is 6.95. The summed E-state index contributed by atoms with van der Waals surface area (Å²) in [7, 11) is 1.58. The van der Waals surface area contributed by atoms with Crippen molar-refractivity contribution in [2.24, 2.45) is 0 Å². The van der Waals surface area contributed by atoms with E-state index in [9.17, 15) is 9.59 Å². The summed E-state index contributed by atoms with van der Waals surface area (Å²) in [4.78, 5) is 23.2. The maximum Gasteiger partial charge on any atom is 0.321 e. The van der Waals surface area contributed by atoms with Crippen molar-refractivity contribution in [2.75, 3.05) is 25.6 Å². The van der Waals surface area contributed by atoms with Crippen molar-refractivity contribution in [2.45, 2.75) is 25.8 Å². The van der Waals surface area contributed by atoms with Crippen molar-refractivity contribution in [1.82, 2.24) is 5.32 Å². The van der Waals surface area contributed by atoms with Crippen LogP contribution in [0.25, 0.3) is 0 Å². The number of hydrogen-bond donors (Lipinski definition) is 3. The molecule has 0 radical (unpaired) electrons. The van der Waals surface area contributed by atoms with E-state index < -0.39 is 12.0 Å². The molecule has 122 valence electrons. The maximum atomic E-state index is 12.0. The highest BCUT2D eigenvalue weighted by atomic mass is 35.5. The molecule has 1 amide bonds. The summed E-state index contributed by atoms with van der Waals surface area (Å²) in [6.45, 7) is 2.84. The smallest absolute Gasteiger partial charge is 0.321 e. The molecule has 6 nitrogen and oxygen atoms in total. The molecule has 0 fully saturated rings. The Hall–Kier alpha value is -1.63. The van der Waals surface area contributed by atoms with Crippen LogP contribution < -0.4 is 10.6 Å². The molecule has 0 heterocycles. The third-order valence-corrected chi connectivity index (χ3v) is 3.31. The van der Waals surface area contributed by atoms with E-state index in [1.54, 1.807) is 25.3 Å². The molecule has 0 aliphatic rings. The number of aliphatic carboxylic acids is 1. The molecule has 1 rings (SSSR count). The topological polar surface area (TPSA) is 87.7 Å².